The molecule has 5 nitrogen and oxygen atoms in total. The molecular weight excluding hydrogens is 306 g/mol. The molecule has 0 spiro atoms. The number of aliphatic hydroxyl groups is 1. The van der Waals surface area contributed by atoms with Gasteiger partial charge >= 0.3 is 0 Å². The Bertz CT molecular complexity index is 565. The second-order valence-electron chi connectivity index (χ2n) is 6.03. The molecule has 0 aromatic heterocycles. The highest BCUT2D eigenvalue weighted by atomic mass is 16.3. The zero-order valence-electron chi connectivity index (χ0n) is 14.5. The van der Waals surface area contributed by atoms with E-state index in [1.54, 1.807) is 31.2 Å². The van der Waals surface area contributed by atoms with E-state index in [1.807, 2.05) is 19.1 Å². The fourth-order valence-electron chi connectivity index (χ4n) is 2.57. The molecule has 0 unspecified atom stereocenters. The zero-order valence-corrected chi connectivity index (χ0v) is 14.5. The lowest BCUT2D eigenvalue weighted by Crippen LogP contribution is -2.45. The number of phenolic OH excluding ortho intramolecular Hbond substituents is 1. The summed E-state index contributed by atoms with van der Waals surface area (Å²) in [7, 11) is 0. The average Bonchev–Trinajstić information content (AvgIpc) is 2.55. The van der Waals surface area contributed by atoms with Crippen LogP contribution in [0.2, 0.25) is 0 Å². The minimum absolute atomic E-state index is 0.0102. The minimum Gasteiger partial charge on any atom is -0.508 e. The Morgan fingerprint density at radius 1 is 1.25 bits per heavy atom. The van der Waals surface area contributed by atoms with Crippen LogP contribution in [0.4, 0.5) is 0 Å². The van der Waals surface area contributed by atoms with Crippen LogP contribution in [0.5, 0.6) is 5.75 Å². The van der Waals surface area contributed by atoms with E-state index in [-0.39, 0.29) is 35.9 Å². The molecule has 0 saturated heterocycles. The summed E-state index contributed by atoms with van der Waals surface area (Å²) in [6.45, 7) is 5.13. The molecule has 3 atom stereocenters. The van der Waals surface area contributed by atoms with Crippen molar-refractivity contribution in [2.24, 2.45) is 11.8 Å². The topological polar surface area (TPSA) is 86.6 Å². The van der Waals surface area contributed by atoms with Gasteiger partial charge in [-0.1, -0.05) is 31.2 Å². The van der Waals surface area contributed by atoms with Crippen LogP contribution in [-0.4, -0.2) is 34.6 Å². The molecule has 5 heteroatoms. The second kappa shape index (κ2) is 9.88. The van der Waals surface area contributed by atoms with E-state index < -0.39 is 6.04 Å². The summed E-state index contributed by atoms with van der Waals surface area (Å²) in [5, 5.41) is 21.3. The van der Waals surface area contributed by atoms with E-state index in [9.17, 15) is 14.7 Å². The summed E-state index contributed by atoms with van der Waals surface area (Å²) in [4.78, 5) is 24.4. The summed E-state index contributed by atoms with van der Waals surface area (Å²) in [5.74, 6) is -0.566. The predicted octanol–water partition coefficient (Wildman–Crippen LogP) is 2.22. The molecule has 1 aromatic carbocycles. The van der Waals surface area contributed by atoms with Crippen molar-refractivity contribution in [3.05, 3.63) is 42.0 Å². The number of carbonyl (C=O) groups excluding carboxylic acids is 2. The molecule has 132 valence electrons. The summed E-state index contributed by atoms with van der Waals surface area (Å²) in [6, 6.07) is 5.97. The molecule has 1 amide bonds. The van der Waals surface area contributed by atoms with Crippen molar-refractivity contribution < 1.29 is 19.8 Å². The van der Waals surface area contributed by atoms with Crippen LogP contribution in [-0.2, 0) is 16.0 Å². The quantitative estimate of drug-likeness (QED) is 0.605. The molecular formula is C19H27NO4. The van der Waals surface area contributed by atoms with Gasteiger partial charge < -0.3 is 15.5 Å². The normalized spacial score (nSPS) is 15.0. The first-order valence-corrected chi connectivity index (χ1v) is 8.21. The number of aliphatic hydroxyl groups excluding tert-OH is 1. The van der Waals surface area contributed by atoms with Crippen molar-refractivity contribution in [2.75, 3.05) is 6.61 Å². The third kappa shape index (κ3) is 6.16. The number of allylic oxidation sites excluding steroid dienone is 2. The Hall–Kier alpha value is -2.14. The maximum atomic E-state index is 12.5. The first kappa shape index (κ1) is 19.9. The van der Waals surface area contributed by atoms with Gasteiger partial charge in [0.15, 0.2) is 5.78 Å². The number of hydrogen-bond acceptors (Lipinski definition) is 4. The minimum atomic E-state index is -0.607. The number of aromatic hydroxyl groups is 1. The molecule has 1 rings (SSSR count). The molecule has 0 saturated carbocycles. The van der Waals surface area contributed by atoms with Gasteiger partial charge in [0.1, 0.15) is 5.75 Å². The fourth-order valence-corrected chi connectivity index (χ4v) is 2.57. The van der Waals surface area contributed by atoms with Crippen LogP contribution >= 0.6 is 0 Å². The predicted molar refractivity (Wildman–Crippen MR) is 93.6 cm³/mol. The zero-order chi connectivity index (χ0) is 18.1. The van der Waals surface area contributed by atoms with E-state index in [0.29, 0.717) is 12.8 Å². The molecule has 0 bridgehead atoms. The molecule has 0 aliphatic heterocycles. The first-order valence-electron chi connectivity index (χ1n) is 8.21. The van der Waals surface area contributed by atoms with Gasteiger partial charge in [-0.05, 0) is 50.3 Å². The van der Waals surface area contributed by atoms with Gasteiger partial charge in [-0.3, -0.25) is 9.59 Å². The maximum absolute atomic E-state index is 12.5. The lowest BCUT2D eigenvalue weighted by atomic mass is 9.89. The van der Waals surface area contributed by atoms with Crippen molar-refractivity contribution >= 4 is 11.7 Å². The number of nitrogens with one attached hydrogen (secondary N) is 1. The molecule has 24 heavy (non-hydrogen) atoms. The SMILES string of the molecule is C/C=C/[C@@H](CCO)[C@@H](C)C(=O)N[C@@H](Cc1ccc(O)cc1)C(C)=O. The number of phenols is 1. The standard InChI is InChI=1S/C19H27NO4/c1-4-5-16(10-11-21)13(2)19(24)20-18(14(3)22)12-15-6-8-17(23)9-7-15/h4-9,13,16,18,21,23H,10-12H2,1-3H3,(H,20,24)/b5-4+/t13-,16+,18+/m1/s1. The van der Waals surface area contributed by atoms with E-state index in [2.05, 4.69) is 5.32 Å². The van der Waals surface area contributed by atoms with Crippen LogP contribution < -0.4 is 5.32 Å². The van der Waals surface area contributed by atoms with Crippen molar-refractivity contribution in [3.63, 3.8) is 0 Å². The lowest BCUT2D eigenvalue weighted by Gasteiger charge is -2.23. The second-order valence-corrected chi connectivity index (χ2v) is 6.03. The summed E-state index contributed by atoms with van der Waals surface area (Å²) < 4.78 is 0. The third-order valence-corrected chi connectivity index (χ3v) is 4.14. The monoisotopic (exact) mass is 333 g/mol. The number of carbonyl (C=O) groups is 2. The third-order valence-electron chi connectivity index (χ3n) is 4.14. The highest BCUT2D eigenvalue weighted by molar-refractivity contribution is 5.88. The number of ketones is 1. The van der Waals surface area contributed by atoms with Crippen molar-refractivity contribution in [1.82, 2.24) is 5.32 Å². The van der Waals surface area contributed by atoms with Crippen LogP contribution in [0.3, 0.4) is 0 Å². The van der Waals surface area contributed by atoms with Gasteiger partial charge in [-0.2, -0.15) is 0 Å². The Labute approximate surface area is 143 Å². The van der Waals surface area contributed by atoms with Crippen LogP contribution in [0.25, 0.3) is 0 Å². The number of Topliss-reactive ketones (excluding diaryl/α,β-unsaturated/α-hetero) is 1. The van der Waals surface area contributed by atoms with Gasteiger partial charge in [0, 0.05) is 12.5 Å². The molecule has 0 aliphatic rings. The van der Waals surface area contributed by atoms with Crippen molar-refractivity contribution in [3.8, 4) is 5.75 Å². The summed E-state index contributed by atoms with van der Waals surface area (Å²) >= 11 is 0. The largest absolute Gasteiger partial charge is 0.508 e. The first-order chi connectivity index (χ1) is 11.4. The number of amides is 1. The summed E-state index contributed by atoms with van der Waals surface area (Å²) in [5.41, 5.74) is 0.862. The van der Waals surface area contributed by atoms with Gasteiger partial charge in [-0.15, -0.1) is 0 Å². The van der Waals surface area contributed by atoms with E-state index in [1.165, 1.54) is 6.92 Å². The Morgan fingerprint density at radius 2 is 1.88 bits per heavy atom. The average molecular weight is 333 g/mol. The fraction of sp³-hybridized carbons (Fsp3) is 0.474. The molecule has 0 aliphatic carbocycles. The highest BCUT2D eigenvalue weighted by Gasteiger charge is 2.25. The maximum Gasteiger partial charge on any atom is 0.224 e. The molecule has 0 radical (unpaired) electrons. The summed E-state index contributed by atoms with van der Waals surface area (Å²) in [6.07, 6.45) is 4.65. The van der Waals surface area contributed by atoms with Crippen LogP contribution in [0, 0.1) is 11.8 Å². The van der Waals surface area contributed by atoms with Crippen molar-refractivity contribution in [2.45, 2.75) is 39.7 Å². The molecule has 0 fully saturated rings. The van der Waals surface area contributed by atoms with Gasteiger partial charge in [0.2, 0.25) is 5.91 Å². The smallest absolute Gasteiger partial charge is 0.224 e. The number of benzene rings is 1. The molecule has 1 aromatic rings. The van der Waals surface area contributed by atoms with E-state index in [4.69, 9.17) is 5.11 Å². The molecule has 3 N–H and O–H groups in total. The van der Waals surface area contributed by atoms with E-state index in [0.717, 1.165) is 5.56 Å². The van der Waals surface area contributed by atoms with Crippen LogP contribution in [0.1, 0.15) is 32.8 Å². The number of hydrogen-bond donors (Lipinski definition) is 3. The van der Waals surface area contributed by atoms with Crippen LogP contribution in [0.15, 0.2) is 36.4 Å². The Kier molecular flexibility index (Phi) is 8.19. The number of rotatable bonds is 9. The highest BCUT2D eigenvalue weighted by Crippen LogP contribution is 2.18. The van der Waals surface area contributed by atoms with Crippen molar-refractivity contribution in [1.29, 1.82) is 0 Å². The molecule has 0 heterocycles. The Balaban J connectivity index is 2.77. The van der Waals surface area contributed by atoms with E-state index >= 15 is 0 Å². The van der Waals surface area contributed by atoms with Gasteiger partial charge in [0.25, 0.3) is 0 Å². The van der Waals surface area contributed by atoms with Gasteiger partial charge in [-0.25, -0.2) is 0 Å². The van der Waals surface area contributed by atoms with Gasteiger partial charge in [0.05, 0.1) is 6.04 Å². The lowest BCUT2D eigenvalue weighted by molar-refractivity contribution is -0.130. The Morgan fingerprint density at radius 3 is 2.38 bits per heavy atom.